The zero-order valence-corrected chi connectivity index (χ0v) is 18.3. The molecule has 0 saturated heterocycles. The lowest BCUT2D eigenvalue weighted by Crippen LogP contribution is -2.30. The van der Waals surface area contributed by atoms with Gasteiger partial charge in [0, 0.05) is 31.9 Å². The number of benzene rings is 1. The predicted molar refractivity (Wildman–Crippen MR) is 116 cm³/mol. The Bertz CT molecular complexity index is 990. The van der Waals surface area contributed by atoms with Crippen molar-refractivity contribution in [1.29, 1.82) is 0 Å². The number of rotatable bonds is 6. The van der Waals surface area contributed by atoms with E-state index < -0.39 is 0 Å². The molecule has 3 rings (SSSR count). The first kappa shape index (κ1) is 20.8. The molecule has 0 aliphatic heterocycles. The number of hydrogen-bond donors (Lipinski definition) is 0. The Balaban J connectivity index is 1.81. The minimum absolute atomic E-state index is 0.0831. The fraction of sp³-hybridized carbons (Fsp3) is 0.360. The summed E-state index contributed by atoms with van der Waals surface area (Å²) in [4.78, 5) is 18.8. The minimum atomic E-state index is -0.0831. The van der Waals surface area contributed by atoms with Crippen molar-refractivity contribution >= 4 is 5.91 Å². The summed E-state index contributed by atoms with van der Waals surface area (Å²) in [5.41, 5.74) is 8.99. The summed E-state index contributed by atoms with van der Waals surface area (Å²) in [5, 5.41) is 0. The number of amides is 1. The maximum Gasteiger partial charge on any atom is 0.289 e. The van der Waals surface area contributed by atoms with Gasteiger partial charge in [-0.05, 0) is 105 Å². The molecular formula is C25H30N2O2. The zero-order valence-electron chi connectivity index (χ0n) is 18.3. The third-order valence-corrected chi connectivity index (χ3v) is 6.17. The molecule has 2 heterocycles. The summed E-state index contributed by atoms with van der Waals surface area (Å²) in [6, 6.07) is 7.58. The van der Waals surface area contributed by atoms with E-state index in [4.69, 9.17) is 4.42 Å². The first-order chi connectivity index (χ1) is 13.8. The molecule has 0 saturated carbocycles. The Morgan fingerprint density at radius 1 is 0.897 bits per heavy atom. The lowest BCUT2D eigenvalue weighted by molar-refractivity contribution is 0.0718. The molecule has 0 N–H and O–H groups in total. The smallest absolute Gasteiger partial charge is 0.289 e. The highest BCUT2D eigenvalue weighted by Crippen LogP contribution is 2.28. The van der Waals surface area contributed by atoms with E-state index in [9.17, 15) is 4.79 Å². The van der Waals surface area contributed by atoms with Crippen LogP contribution in [-0.4, -0.2) is 22.3 Å². The first-order valence-corrected chi connectivity index (χ1v) is 10.2. The van der Waals surface area contributed by atoms with Gasteiger partial charge in [-0.1, -0.05) is 0 Å². The number of nitrogens with zero attached hydrogens (tertiary/aromatic N) is 2. The predicted octanol–water partition coefficient (Wildman–Crippen LogP) is 5.47. The van der Waals surface area contributed by atoms with E-state index in [1.54, 1.807) is 23.4 Å². The molecule has 4 nitrogen and oxygen atoms in total. The molecule has 4 heteroatoms. The second-order valence-electron chi connectivity index (χ2n) is 7.72. The average molecular weight is 391 g/mol. The van der Waals surface area contributed by atoms with Crippen LogP contribution in [0.25, 0.3) is 0 Å². The van der Waals surface area contributed by atoms with E-state index in [1.165, 1.54) is 33.4 Å². The zero-order chi connectivity index (χ0) is 21.1. The number of carbonyl (C=O) groups is 1. The molecule has 0 radical (unpaired) electrons. The summed E-state index contributed by atoms with van der Waals surface area (Å²) >= 11 is 0. The standard InChI is InChI=1S/C25H30N2O2/c1-7-27(15-21-10-12-26-13-11-21)25(28)24-9-8-22(29-24)14-23-19(5)17(3)16(2)18(4)20(23)6/h8-13H,7,14-15H2,1-6H3. The van der Waals surface area contributed by atoms with E-state index in [0.29, 0.717) is 25.3 Å². The van der Waals surface area contributed by atoms with Gasteiger partial charge in [0.2, 0.25) is 0 Å². The van der Waals surface area contributed by atoms with E-state index in [2.05, 4.69) is 39.6 Å². The van der Waals surface area contributed by atoms with Crippen LogP contribution in [0.3, 0.4) is 0 Å². The fourth-order valence-electron chi connectivity index (χ4n) is 3.80. The molecule has 0 bridgehead atoms. The average Bonchev–Trinajstić information content (AvgIpc) is 3.21. The van der Waals surface area contributed by atoms with Crippen LogP contribution < -0.4 is 0 Å². The van der Waals surface area contributed by atoms with E-state index in [1.807, 2.05) is 25.1 Å². The van der Waals surface area contributed by atoms with Crippen molar-refractivity contribution in [2.24, 2.45) is 0 Å². The number of furan rings is 1. The molecule has 1 amide bonds. The Morgan fingerprint density at radius 3 is 2.07 bits per heavy atom. The summed E-state index contributed by atoms with van der Waals surface area (Å²) in [6.07, 6.45) is 4.19. The van der Waals surface area contributed by atoms with Gasteiger partial charge in [-0.25, -0.2) is 0 Å². The van der Waals surface area contributed by atoms with Crippen LogP contribution in [0.4, 0.5) is 0 Å². The van der Waals surface area contributed by atoms with Gasteiger partial charge in [-0.2, -0.15) is 0 Å². The quantitative estimate of drug-likeness (QED) is 0.561. The van der Waals surface area contributed by atoms with Crippen LogP contribution in [-0.2, 0) is 13.0 Å². The minimum Gasteiger partial charge on any atom is -0.456 e. The molecule has 0 spiro atoms. The number of hydrogen-bond acceptors (Lipinski definition) is 3. The Hall–Kier alpha value is -2.88. The maximum atomic E-state index is 12.9. The summed E-state index contributed by atoms with van der Waals surface area (Å²) in [6.45, 7) is 14.0. The van der Waals surface area contributed by atoms with E-state index in [-0.39, 0.29) is 5.91 Å². The van der Waals surface area contributed by atoms with Gasteiger partial charge in [0.25, 0.3) is 5.91 Å². The van der Waals surface area contributed by atoms with Crippen LogP contribution in [0.15, 0.2) is 41.1 Å². The molecule has 0 atom stereocenters. The molecule has 0 fully saturated rings. The lowest BCUT2D eigenvalue weighted by atomic mass is 9.88. The monoisotopic (exact) mass is 390 g/mol. The Kier molecular flexibility index (Phi) is 6.21. The van der Waals surface area contributed by atoms with Gasteiger partial charge < -0.3 is 9.32 Å². The van der Waals surface area contributed by atoms with Crippen molar-refractivity contribution in [2.45, 2.75) is 54.5 Å². The van der Waals surface area contributed by atoms with Gasteiger partial charge >= 0.3 is 0 Å². The van der Waals surface area contributed by atoms with Crippen LogP contribution >= 0.6 is 0 Å². The second-order valence-corrected chi connectivity index (χ2v) is 7.72. The van der Waals surface area contributed by atoms with Crippen LogP contribution in [0.1, 0.15) is 62.2 Å². The number of carbonyl (C=O) groups excluding carboxylic acids is 1. The highest BCUT2D eigenvalue weighted by atomic mass is 16.4. The van der Waals surface area contributed by atoms with Crippen molar-refractivity contribution < 1.29 is 9.21 Å². The maximum absolute atomic E-state index is 12.9. The number of pyridine rings is 1. The Labute approximate surface area is 173 Å². The molecule has 2 aromatic heterocycles. The van der Waals surface area contributed by atoms with Crippen molar-refractivity contribution in [3.05, 3.63) is 87.1 Å². The third kappa shape index (κ3) is 4.26. The molecule has 152 valence electrons. The van der Waals surface area contributed by atoms with Crippen LogP contribution in [0.2, 0.25) is 0 Å². The normalized spacial score (nSPS) is 11.0. The molecule has 0 aliphatic carbocycles. The van der Waals surface area contributed by atoms with Crippen molar-refractivity contribution in [2.75, 3.05) is 6.54 Å². The molecule has 0 unspecified atom stereocenters. The van der Waals surface area contributed by atoms with Crippen molar-refractivity contribution in [1.82, 2.24) is 9.88 Å². The van der Waals surface area contributed by atoms with Gasteiger partial charge in [0.05, 0.1) is 0 Å². The molecule has 29 heavy (non-hydrogen) atoms. The van der Waals surface area contributed by atoms with Gasteiger partial charge in [0.15, 0.2) is 5.76 Å². The largest absolute Gasteiger partial charge is 0.456 e. The summed E-state index contributed by atoms with van der Waals surface area (Å²) in [5.74, 6) is 1.13. The molecule has 0 aliphatic rings. The van der Waals surface area contributed by atoms with Crippen molar-refractivity contribution in [3.63, 3.8) is 0 Å². The number of aromatic nitrogens is 1. The second kappa shape index (κ2) is 8.64. The summed E-state index contributed by atoms with van der Waals surface area (Å²) in [7, 11) is 0. The topological polar surface area (TPSA) is 46.3 Å². The van der Waals surface area contributed by atoms with Crippen LogP contribution in [0, 0.1) is 34.6 Å². The highest BCUT2D eigenvalue weighted by Gasteiger charge is 2.20. The summed E-state index contributed by atoms with van der Waals surface area (Å²) < 4.78 is 5.99. The Morgan fingerprint density at radius 2 is 1.48 bits per heavy atom. The van der Waals surface area contributed by atoms with Gasteiger partial charge in [0.1, 0.15) is 5.76 Å². The lowest BCUT2D eigenvalue weighted by Gasteiger charge is -2.20. The molecule has 1 aromatic carbocycles. The fourth-order valence-corrected chi connectivity index (χ4v) is 3.80. The SMILES string of the molecule is CCN(Cc1ccncc1)C(=O)c1ccc(Cc2c(C)c(C)c(C)c(C)c2C)o1. The molecular weight excluding hydrogens is 360 g/mol. The first-order valence-electron chi connectivity index (χ1n) is 10.2. The molecule has 3 aromatic rings. The van der Waals surface area contributed by atoms with Crippen LogP contribution in [0.5, 0.6) is 0 Å². The van der Waals surface area contributed by atoms with Gasteiger partial charge in [-0.15, -0.1) is 0 Å². The van der Waals surface area contributed by atoms with Gasteiger partial charge in [-0.3, -0.25) is 9.78 Å². The third-order valence-electron chi connectivity index (χ3n) is 6.17. The van der Waals surface area contributed by atoms with E-state index in [0.717, 1.165) is 11.3 Å². The van der Waals surface area contributed by atoms with E-state index >= 15 is 0 Å². The van der Waals surface area contributed by atoms with Crippen molar-refractivity contribution in [3.8, 4) is 0 Å². The highest BCUT2D eigenvalue weighted by molar-refractivity contribution is 5.91.